The highest BCUT2D eigenvalue weighted by Crippen LogP contribution is 2.31. The summed E-state index contributed by atoms with van der Waals surface area (Å²) in [6.45, 7) is 6.58. The van der Waals surface area contributed by atoms with Gasteiger partial charge in [0.25, 0.3) is 0 Å². The second-order valence-corrected chi connectivity index (χ2v) is 4.74. The second kappa shape index (κ2) is 6.80. The van der Waals surface area contributed by atoms with Crippen LogP contribution < -0.4 is 10.1 Å². The van der Waals surface area contributed by atoms with Gasteiger partial charge in [-0.1, -0.05) is 26.8 Å². The van der Waals surface area contributed by atoms with Gasteiger partial charge in [-0.15, -0.1) is 0 Å². The summed E-state index contributed by atoms with van der Waals surface area (Å²) in [5.41, 5.74) is -0.684. The Labute approximate surface area is 112 Å². The molecule has 0 saturated carbocycles. The molecule has 0 radical (unpaired) electrons. The minimum absolute atomic E-state index is 0.133. The van der Waals surface area contributed by atoms with E-state index in [1.807, 2.05) is 20.8 Å². The molecular weight excluding hydrogens is 255 g/mol. The molecule has 1 unspecified atom stereocenters. The minimum atomic E-state index is -4.34. The van der Waals surface area contributed by atoms with E-state index in [9.17, 15) is 13.2 Å². The minimum Gasteiger partial charge on any atom is -0.489 e. The molecule has 1 atom stereocenters. The van der Waals surface area contributed by atoms with E-state index >= 15 is 0 Å². The lowest BCUT2D eigenvalue weighted by molar-refractivity contribution is -0.137. The molecule has 0 saturated heterocycles. The Bertz CT molecular complexity index is 391. The molecule has 0 aliphatic heterocycles. The molecule has 0 aliphatic rings. The fourth-order valence-electron chi connectivity index (χ4n) is 1.57. The zero-order valence-electron chi connectivity index (χ0n) is 11.4. The molecule has 0 amide bonds. The second-order valence-electron chi connectivity index (χ2n) is 4.74. The number of hydrogen-bond donors (Lipinski definition) is 1. The number of benzene rings is 1. The molecule has 1 rings (SSSR count). The van der Waals surface area contributed by atoms with Crippen LogP contribution in [0.2, 0.25) is 0 Å². The predicted octanol–water partition coefficient (Wildman–Crippen LogP) is 3.86. The summed E-state index contributed by atoms with van der Waals surface area (Å²) >= 11 is 0. The first-order valence-electron chi connectivity index (χ1n) is 6.40. The van der Waals surface area contributed by atoms with Gasteiger partial charge in [0, 0.05) is 12.6 Å². The molecule has 19 heavy (non-hydrogen) atoms. The van der Waals surface area contributed by atoms with Crippen molar-refractivity contribution in [2.75, 3.05) is 6.54 Å². The van der Waals surface area contributed by atoms with Crippen molar-refractivity contribution < 1.29 is 17.9 Å². The number of ether oxygens (including phenoxy) is 1. The van der Waals surface area contributed by atoms with E-state index in [1.165, 1.54) is 6.07 Å². The van der Waals surface area contributed by atoms with Crippen molar-refractivity contribution in [3.05, 3.63) is 29.8 Å². The first-order chi connectivity index (χ1) is 8.82. The molecular formula is C14H20F3NO. The third-order valence-corrected chi connectivity index (χ3v) is 2.67. The smallest absolute Gasteiger partial charge is 0.416 e. The Balaban J connectivity index is 2.69. The molecule has 0 spiro atoms. The summed E-state index contributed by atoms with van der Waals surface area (Å²) in [4.78, 5) is 0. The Morgan fingerprint density at radius 1 is 1.26 bits per heavy atom. The van der Waals surface area contributed by atoms with Crippen LogP contribution in [0.3, 0.4) is 0 Å². The van der Waals surface area contributed by atoms with Crippen LogP contribution in [0.4, 0.5) is 13.2 Å². The topological polar surface area (TPSA) is 21.3 Å². The zero-order valence-corrected chi connectivity index (χ0v) is 11.4. The highest BCUT2D eigenvalue weighted by Gasteiger charge is 2.30. The lowest BCUT2D eigenvalue weighted by Gasteiger charge is -2.20. The Kier molecular flexibility index (Phi) is 5.66. The van der Waals surface area contributed by atoms with Crippen molar-refractivity contribution in [1.29, 1.82) is 0 Å². The van der Waals surface area contributed by atoms with E-state index in [4.69, 9.17) is 4.74 Å². The Morgan fingerprint density at radius 3 is 2.47 bits per heavy atom. The van der Waals surface area contributed by atoms with Gasteiger partial charge in [-0.05, 0) is 24.6 Å². The van der Waals surface area contributed by atoms with Crippen molar-refractivity contribution >= 4 is 0 Å². The van der Waals surface area contributed by atoms with Crippen LogP contribution in [-0.4, -0.2) is 18.7 Å². The van der Waals surface area contributed by atoms with Gasteiger partial charge in [-0.2, -0.15) is 13.2 Å². The van der Waals surface area contributed by atoms with Crippen LogP contribution in [0.1, 0.15) is 32.8 Å². The average molecular weight is 275 g/mol. The van der Waals surface area contributed by atoms with Gasteiger partial charge in [0.05, 0.1) is 5.56 Å². The van der Waals surface area contributed by atoms with E-state index in [0.29, 0.717) is 12.6 Å². The van der Waals surface area contributed by atoms with Crippen molar-refractivity contribution in [2.45, 2.75) is 45.5 Å². The maximum absolute atomic E-state index is 12.6. The van der Waals surface area contributed by atoms with Crippen LogP contribution in [0.5, 0.6) is 5.75 Å². The third kappa shape index (κ3) is 5.51. The first-order valence-corrected chi connectivity index (χ1v) is 6.40. The zero-order chi connectivity index (χ0) is 14.5. The monoisotopic (exact) mass is 275 g/mol. The number of rotatable bonds is 6. The van der Waals surface area contributed by atoms with Gasteiger partial charge < -0.3 is 10.1 Å². The molecule has 5 heteroatoms. The Morgan fingerprint density at radius 2 is 1.95 bits per heavy atom. The molecule has 1 aromatic carbocycles. The van der Waals surface area contributed by atoms with Gasteiger partial charge in [-0.3, -0.25) is 0 Å². The number of hydrogen-bond acceptors (Lipinski definition) is 2. The quantitative estimate of drug-likeness (QED) is 0.851. The maximum Gasteiger partial charge on any atom is 0.416 e. The highest BCUT2D eigenvalue weighted by atomic mass is 19.4. The molecule has 0 heterocycles. The summed E-state index contributed by atoms with van der Waals surface area (Å²) in [5, 5.41) is 3.21. The van der Waals surface area contributed by atoms with E-state index in [0.717, 1.165) is 18.6 Å². The van der Waals surface area contributed by atoms with Crippen molar-refractivity contribution in [1.82, 2.24) is 5.32 Å². The largest absolute Gasteiger partial charge is 0.489 e. The summed E-state index contributed by atoms with van der Waals surface area (Å²) in [5.74, 6) is 0.257. The first kappa shape index (κ1) is 15.8. The van der Waals surface area contributed by atoms with E-state index in [2.05, 4.69) is 5.32 Å². The van der Waals surface area contributed by atoms with Crippen LogP contribution in [-0.2, 0) is 6.18 Å². The molecule has 1 N–H and O–H groups in total. The lowest BCUT2D eigenvalue weighted by atomic mass is 10.2. The number of alkyl halides is 3. The van der Waals surface area contributed by atoms with Crippen LogP contribution in [0.15, 0.2) is 24.3 Å². The SMILES string of the molecule is CCC(CNC(C)C)Oc1cccc(C(F)(F)F)c1. The molecule has 0 aromatic heterocycles. The van der Waals surface area contributed by atoms with Gasteiger partial charge in [0.1, 0.15) is 11.9 Å². The van der Waals surface area contributed by atoms with Crippen molar-refractivity contribution in [3.8, 4) is 5.75 Å². The normalized spacial score (nSPS) is 13.6. The van der Waals surface area contributed by atoms with E-state index in [1.54, 1.807) is 6.07 Å². The molecule has 2 nitrogen and oxygen atoms in total. The van der Waals surface area contributed by atoms with Crippen molar-refractivity contribution in [2.24, 2.45) is 0 Å². The molecule has 1 aromatic rings. The van der Waals surface area contributed by atoms with Gasteiger partial charge in [0.15, 0.2) is 0 Å². The number of nitrogens with one attached hydrogen (secondary N) is 1. The van der Waals surface area contributed by atoms with Gasteiger partial charge in [0.2, 0.25) is 0 Å². The summed E-state index contributed by atoms with van der Waals surface area (Å²) in [6.07, 6.45) is -3.74. The molecule has 108 valence electrons. The van der Waals surface area contributed by atoms with E-state index < -0.39 is 11.7 Å². The van der Waals surface area contributed by atoms with Crippen LogP contribution >= 0.6 is 0 Å². The van der Waals surface area contributed by atoms with Crippen LogP contribution in [0.25, 0.3) is 0 Å². The average Bonchev–Trinajstić information content (AvgIpc) is 2.33. The van der Waals surface area contributed by atoms with Gasteiger partial charge >= 0.3 is 6.18 Å². The molecule has 0 aliphatic carbocycles. The van der Waals surface area contributed by atoms with Crippen molar-refractivity contribution in [3.63, 3.8) is 0 Å². The fourth-order valence-corrected chi connectivity index (χ4v) is 1.57. The number of halogens is 3. The fraction of sp³-hybridized carbons (Fsp3) is 0.571. The van der Waals surface area contributed by atoms with E-state index in [-0.39, 0.29) is 11.9 Å². The summed E-state index contributed by atoms with van der Waals surface area (Å²) < 4.78 is 43.3. The Hall–Kier alpha value is -1.23. The highest BCUT2D eigenvalue weighted by molar-refractivity contribution is 5.30. The summed E-state index contributed by atoms with van der Waals surface area (Å²) in [7, 11) is 0. The molecule has 0 bridgehead atoms. The van der Waals surface area contributed by atoms with Crippen LogP contribution in [0, 0.1) is 0 Å². The molecule has 0 fully saturated rings. The standard InChI is InChI=1S/C14H20F3NO/c1-4-12(9-18-10(2)3)19-13-7-5-6-11(8-13)14(15,16)17/h5-8,10,12,18H,4,9H2,1-3H3. The lowest BCUT2D eigenvalue weighted by Crippen LogP contribution is -2.34. The summed E-state index contributed by atoms with van der Waals surface area (Å²) in [6, 6.07) is 5.31. The maximum atomic E-state index is 12.6. The van der Waals surface area contributed by atoms with Gasteiger partial charge in [-0.25, -0.2) is 0 Å². The predicted molar refractivity (Wildman–Crippen MR) is 69.3 cm³/mol. The third-order valence-electron chi connectivity index (χ3n) is 2.67.